The van der Waals surface area contributed by atoms with Crippen LogP contribution in [0.4, 0.5) is 0 Å². The van der Waals surface area contributed by atoms with E-state index >= 15 is 0 Å². The van der Waals surface area contributed by atoms with Crippen LogP contribution in [0.2, 0.25) is 0 Å². The molecule has 1 saturated heterocycles. The summed E-state index contributed by atoms with van der Waals surface area (Å²) in [5.74, 6) is 1.61. The summed E-state index contributed by atoms with van der Waals surface area (Å²) in [4.78, 5) is 2.74. The van der Waals surface area contributed by atoms with Gasteiger partial charge in [-0.05, 0) is 92.7 Å². The fourth-order valence-corrected chi connectivity index (χ4v) is 6.91. The molecule has 3 aromatic carbocycles. The molecule has 0 amide bonds. The van der Waals surface area contributed by atoms with Gasteiger partial charge in [0.25, 0.3) is 0 Å². The van der Waals surface area contributed by atoms with Gasteiger partial charge >= 0.3 is 0 Å². The molecule has 2 N–H and O–H groups in total. The van der Waals surface area contributed by atoms with E-state index in [2.05, 4.69) is 88.3 Å². The summed E-state index contributed by atoms with van der Waals surface area (Å²) in [7, 11) is 3.43. The van der Waals surface area contributed by atoms with Gasteiger partial charge in [-0.3, -0.25) is 4.90 Å². The predicted octanol–water partition coefficient (Wildman–Crippen LogP) is 5.87. The molecule has 206 valence electrons. The number of likely N-dealkylation sites (tertiary alicyclic amines) is 1. The summed E-state index contributed by atoms with van der Waals surface area (Å²) in [6.07, 6.45) is 6.74. The molecule has 1 aliphatic carbocycles. The van der Waals surface area contributed by atoms with Crippen LogP contribution in [0, 0.1) is 0 Å². The zero-order valence-corrected chi connectivity index (χ0v) is 24.0. The number of fused-ring (bicyclic) bond motifs is 1. The SMILES string of the molecule is COc1ccc([C@@]23CC[C@@H](NC(=S)NCc4ccccc4)C[C@@H]2N(CCCc2ccccc2)CC3)cc1OC. The Balaban J connectivity index is 1.30. The first kappa shape index (κ1) is 27.5. The van der Waals surface area contributed by atoms with Crippen molar-refractivity contribution >= 4 is 17.3 Å². The van der Waals surface area contributed by atoms with E-state index in [4.69, 9.17) is 21.7 Å². The first-order chi connectivity index (χ1) is 19.1. The Labute approximate surface area is 238 Å². The second-order valence-electron chi connectivity index (χ2n) is 10.9. The van der Waals surface area contributed by atoms with E-state index in [9.17, 15) is 0 Å². The van der Waals surface area contributed by atoms with Crippen LogP contribution in [0.15, 0.2) is 78.9 Å². The summed E-state index contributed by atoms with van der Waals surface area (Å²) in [5.41, 5.74) is 4.14. The van der Waals surface area contributed by atoms with E-state index < -0.39 is 0 Å². The van der Waals surface area contributed by atoms with Gasteiger partial charge in [0.05, 0.1) is 14.2 Å². The molecule has 39 heavy (non-hydrogen) atoms. The van der Waals surface area contributed by atoms with Gasteiger partial charge in [-0.25, -0.2) is 0 Å². The van der Waals surface area contributed by atoms with Crippen molar-refractivity contribution in [1.29, 1.82) is 0 Å². The molecule has 0 aromatic heterocycles. The molecule has 0 spiro atoms. The van der Waals surface area contributed by atoms with Crippen LogP contribution in [0.1, 0.15) is 48.8 Å². The van der Waals surface area contributed by atoms with Crippen LogP contribution in [0.3, 0.4) is 0 Å². The highest BCUT2D eigenvalue weighted by molar-refractivity contribution is 7.80. The minimum absolute atomic E-state index is 0.115. The number of hydrogen-bond donors (Lipinski definition) is 2. The van der Waals surface area contributed by atoms with Crippen molar-refractivity contribution in [3.05, 3.63) is 95.6 Å². The van der Waals surface area contributed by atoms with Crippen LogP contribution in [-0.4, -0.2) is 49.4 Å². The molecular weight excluding hydrogens is 502 g/mol. The van der Waals surface area contributed by atoms with Crippen molar-refractivity contribution in [2.75, 3.05) is 27.3 Å². The lowest BCUT2D eigenvalue weighted by Crippen LogP contribution is -2.53. The van der Waals surface area contributed by atoms with Crippen LogP contribution < -0.4 is 20.1 Å². The van der Waals surface area contributed by atoms with E-state index in [1.54, 1.807) is 14.2 Å². The molecule has 5 nitrogen and oxygen atoms in total. The average Bonchev–Trinajstić information content (AvgIpc) is 3.35. The second kappa shape index (κ2) is 12.8. The average molecular weight is 544 g/mol. The van der Waals surface area contributed by atoms with E-state index in [-0.39, 0.29) is 5.41 Å². The predicted molar refractivity (Wildman–Crippen MR) is 163 cm³/mol. The third kappa shape index (κ3) is 6.39. The highest BCUT2D eigenvalue weighted by atomic mass is 32.1. The number of aryl methyl sites for hydroxylation is 1. The lowest BCUT2D eigenvalue weighted by molar-refractivity contribution is 0.138. The minimum Gasteiger partial charge on any atom is -0.493 e. The van der Waals surface area contributed by atoms with E-state index in [0.717, 1.165) is 68.3 Å². The van der Waals surface area contributed by atoms with Gasteiger partial charge in [-0.2, -0.15) is 0 Å². The smallest absolute Gasteiger partial charge is 0.166 e. The quantitative estimate of drug-likeness (QED) is 0.312. The van der Waals surface area contributed by atoms with Crippen molar-refractivity contribution < 1.29 is 9.47 Å². The molecular formula is C33H41N3O2S. The largest absolute Gasteiger partial charge is 0.493 e. The zero-order valence-electron chi connectivity index (χ0n) is 23.2. The van der Waals surface area contributed by atoms with Crippen LogP contribution in [0.25, 0.3) is 0 Å². The Bertz CT molecular complexity index is 1220. The molecule has 3 aromatic rings. The highest BCUT2D eigenvalue weighted by Gasteiger charge is 2.51. The minimum atomic E-state index is 0.115. The zero-order chi connectivity index (χ0) is 27.1. The van der Waals surface area contributed by atoms with Gasteiger partial charge in [0, 0.05) is 24.0 Å². The van der Waals surface area contributed by atoms with E-state index in [1.165, 1.54) is 23.1 Å². The molecule has 0 bridgehead atoms. The third-order valence-electron chi connectivity index (χ3n) is 8.71. The fourth-order valence-electron chi connectivity index (χ4n) is 6.67. The fraction of sp³-hybridized carbons (Fsp3) is 0.424. The summed E-state index contributed by atoms with van der Waals surface area (Å²) < 4.78 is 11.3. The summed E-state index contributed by atoms with van der Waals surface area (Å²) in [5, 5.41) is 7.82. The Morgan fingerprint density at radius 2 is 1.64 bits per heavy atom. The van der Waals surface area contributed by atoms with Gasteiger partial charge in [0.1, 0.15) is 0 Å². The molecule has 6 heteroatoms. The second-order valence-corrected chi connectivity index (χ2v) is 11.3. The van der Waals surface area contributed by atoms with Gasteiger partial charge in [0.15, 0.2) is 16.6 Å². The number of hydrogen-bond acceptors (Lipinski definition) is 4. The summed E-state index contributed by atoms with van der Waals surface area (Å²) >= 11 is 5.72. The maximum Gasteiger partial charge on any atom is 0.166 e. The maximum absolute atomic E-state index is 5.72. The highest BCUT2D eigenvalue weighted by Crippen LogP contribution is 2.50. The van der Waals surface area contributed by atoms with E-state index in [0.29, 0.717) is 12.1 Å². The van der Waals surface area contributed by atoms with Gasteiger partial charge in [0.2, 0.25) is 0 Å². The van der Waals surface area contributed by atoms with E-state index in [1.807, 2.05) is 6.07 Å². The van der Waals surface area contributed by atoms with Gasteiger partial charge in [-0.1, -0.05) is 66.7 Å². The van der Waals surface area contributed by atoms with Crippen molar-refractivity contribution in [3.8, 4) is 11.5 Å². The maximum atomic E-state index is 5.72. The molecule has 0 unspecified atom stereocenters. The van der Waals surface area contributed by atoms with Crippen LogP contribution in [0.5, 0.6) is 11.5 Å². The number of rotatable bonds is 10. The number of nitrogens with zero attached hydrogens (tertiary/aromatic N) is 1. The Morgan fingerprint density at radius 1 is 0.923 bits per heavy atom. The Morgan fingerprint density at radius 3 is 2.36 bits per heavy atom. The number of thiocarbonyl (C=S) groups is 1. The summed E-state index contributed by atoms with van der Waals surface area (Å²) in [6, 6.07) is 28.6. The van der Waals surface area contributed by atoms with Crippen molar-refractivity contribution in [3.63, 3.8) is 0 Å². The first-order valence-electron chi connectivity index (χ1n) is 14.2. The lowest BCUT2D eigenvalue weighted by atomic mass is 9.65. The van der Waals surface area contributed by atoms with Gasteiger partial charge < -0.3 is 20.1 Å². The first-order valence-corrected chi connectivity index (χ1v) is 14.6. The normalized spacial score (nSPS) is 22.6. The molecule has 1 saturated carbocycles. The topological polar surface area (TPSA) is 45.8 Å². The van der Waals surface area contributed by atoms with Gasteiger partial charge in [-0.15, -0.1) is 0 Å². The number of benzene rings is 3. The molecule has 0 radical (unpaired) electrons. The molecule has 3 atom stereocenters. The number of nitrogens with one attached hydrogen (secondary N) is 2. The lowest BCUT2D eigenvalue weighted by Gasteiger charge is -2.46. The third-order valence-corrected chi connectivity index (χ3v) is 8.98. The molecule has 2 fully saturated rings. The molecule has 1 heterocycles. The number of ether oxygens (including phenoxy) is 2. The van der Waals surface area contributed by atoms with Crippen molar-refractivity contribution in [1.82, 2.24) is 15.5 Å². The van der Waals surface area contributed by atoms with Crippen LogP contribution in [-0.2, 0) is 18.4 Å². The standard InChI is InChI=1S/C33H41N3O2S/c1-37-29-16-15-27(22-30(29)38-2)33-18-17-28(35-32(39)34-24-26-12-7-4-8-13-26)23-31(33)36(21-19-33)20-9-14-25-10-5-3-6-11-25/h3-8,10-13,15-16,22,28,31H,9,14,17-21,23-24H2,1-2H3,(H2,34,35,39)/t28-,31+,33+/m1/s1. The van der Waals surface area contributed by atoms with Crippen molar-refractivity contribution in [2.24, 2.45) is 0 Å². The Hall–Kier alpha value is -3.09. The Kier molecular flexibility index (Phi) is 9.05. The van der Waals surface area contributed by atoms with Crippen molar-refractivity contribution in [2.45, 2.75) is 62.6 Å². The monoisotopic (exact) mass is 543 g/mol. The molecule has 1 aliphatic heterocycles. The molecule has 5 rings (SSSR count). The summed E-state index contributed by atoms with van der Waals surface area (Å²) in [6.45, 7) is 2.97. The molecule has 2 aliphatic rings. The van der Waals surface area contributed by atoms with Crippen LogP contribution >= 0.6 is 12.2 Å². The number of methoxy groups -OCH3 is 2.